The van der Waals surface area contributed by atoms with E-state index in [0.717, 1.165) is 5.56 Å². The van der Waals surface area contributed by atoms with Crippen LogP contribution in [0.2, 0.25) is 0 Å². The maximum Gasteiger partial charge on any atom is 0.254 e. The first-order valence-corrected chi connectivity index (χ1v) is 9.64. The van der Waals surface area contributed by atoms with E-state index in [1.165, 1.54) is 15.6 Å². The molecule has 0 radical (unpaired) electrons. The lowest BCUT2D eigenvalue weighted by molar-refractivity contribution is 0.402. The number of benzene rings is 1. The van der Waals surface area contributed by atoms with Gasteiger partial charge < -0.3 is 5.73 Å². The zero-order valence-electron chi connectivity index (χ0n) is 11.4. The van der Waals surface area contributed by atoms with Crippen molar-refractivity contribution in [1.82, 2.24) is 4.31 Å². The molecular formula is C14H17BrN2O2S2. The van der Waals surface area contributed by atoms with E-state index < -0.39 is 10.0 Å². The molecule has 0 aliphatic rings. The molecule has 0 fully saturated rings. The van der Waals surface area contributed by atoms with Crippen LogP contribution in [0.5, 0.6) is 0 Å². The molecule has 0 saturated heterocycles. The molecule has 21 heavy (non-hydrogen) atoms. The smallest absolute Gasteiger partial charge is 0.254 e. The highest BCUT2D eigenvalue weighted by atomic mass is 79.9. The maximum atomic E-state index is 12.8. The molecule has 1 aromatic carbocycles. The molecule has 7 heteroatoms. The summed E-state index contributed by atoms with van der Waals surface area (Å²) in [6.07, 6.45) is 0.634. The third-order valence-corrected chi connectivity index (χ3v) is 7.46. The van der Waals surface area contributed by atoms with E-state index in [1.807, 2.05) is 30.3 Å². The van der Waals surface area contributed by atoms with Crippen molar-refractivity contribution >= 4 is 37.3 Å². The molecule has 114 valence electrons. The van der Waals surface area contributed by atoms with Gasteiger partial charge in [-0.25, -0.2) is 8.42 Å². The third kappa shape index (κ3) is 4.14. The molecule has 0 atom stereocenters. The molecule has 2 rings (SSSR count). The van der Waals surface area contributed by atoms with Crippen LogP contribution in [0.15, 0.2) is 50.5 Å². The number of rotatable bonds is 7. The summed E-state index contributed by atoms with van der Waals surface area (Å²) in [5.74, 6) is 0. The summed E-state index contributed by atoms with van der Waals surface area (Å²) < 4.78 is 28.0. The van der Waals surface area contributed by atoms with Gasteiger partial charge in [-0.1, -0.05) is 30.3 Å². The molecule has 0 amide bonds. The van der Waals surface area contributed by atoms with Gasteiger partial charge in [-0.15, -0.1) is 11.3 Å². The molecule has 1 aromatic heterocycles. The van der Waals surface area contributed by atoms with Crippen LogP contribution in [-0.4, -0.2) is 25.8 Å². The normalized spacial score (nSPS) is 12.0. The highest BCUT2D eigenvalue weighted by Crippen LogP contribution is 2.31. The SMILES string of the molecule is NCCCN(Cc1ccccc1)S(=O)(=O)c1sccc1Br. The van der Waals surface area contributed by atoms with E-state index in [4.69, 9.17) is 5.73 Å². The van der Waals surface area contributed by atoms with Crippen LogP contribution in [0.3, 0.4) is 0 Å². The summed E-state index contributed by atoms with van der Waals surface area (Å²) in [5.41, 5.74) is 6.50. The molecule has 0 saturated carbocycles. The van der Waals surface area contributed by atoms with E-state index in [-0.39, 0.29) is 0 Å². The Balaban J connectivity index is 2.29. The minimum absolute atomic E-state index is 0.343. The Morgan fingerprint density at radius 3 is 2.48 bits per heavy atom. The Kier molecular flexibility index (Phi) is 5.95. The Morgan fingerprint density at radius 2 is 1.90 bits per heavy atom. The molecule has 0 aliphatic heterocycles. The largest absolute Gasteiger partial charge is 0.330 e. The molecular weight excluding hydrogens is 372 g/mol. The highest BCUT2D eigenvalue weighted by molar-refractivity contribution is 9.10. The minimum atomic E-state index is -3.51. The number of hydrogen-bond acceptors (Lipinski definition) is 4. The fourth-order valence-corrected chi connectivity index (χ4v) is 5.84. The number of hydrogen-bond donors (Lipinski definition) is 1. The quantitative estimate of drug-likeness (QED) is 0.792. The van der Waals surface area contributed by atoms with Gasteiger partial charge in [0.05, 0.1) is 0 Å². The molecule has 4 nitrogen and oxygen atoms in total. The summed E-state index contributed by atoms with van der Waals surface area (Å²) >= 11 is 4.52. The molecule has 2 aromatic rings. The van der Waals surface area contributed by atoms with Crippen molar-refractivity contribution in [3.8, 4) is 0 Å². The van der Waals surface area contributed by atoms with Crippen LogP contribution < -0.4 is 5.73 Å². The van der Waals surface area contributed by atoms with Gasteiger partial charge in [0.15, 0.2) is 0 Å². The number of sulfonamides is 1. The lowest BCUT2D eigenvalue weighted by Gasteiger charge is -2.21. The zero-order valence-corrected chi connectivity index (χ0v) is 14.6. The van der Waals surface area contributed by atoms with Gasteiger partial charge in [-0.2, -0.15) is 4.31 Å². The van der Waals surface area contributed by atoms with E-state index >= 15 is 0 Å². The van der Waals surface area contributed by atoms with E-state index in [0.29, 0.717) is 34.7 Å². The maximum absolute atomic E-state index is 12.8. The average Bonchev–Trinajstić information content (AvgIpc) is 2.91. The van der Waals surface area contributed by atoms with Gasteiger partial charge in [0.2, 0.25) is 0 Å². The van der Waals surface area contributed by atoms with Crippen LogP contribution in [0.25, 0.3) is 0 Å². The summed E-state index contributed by atoms with van der Waals surface area (Å²) in [6.45, 7) is 1.23. The first-order chi connectivity index (χ1) is 10.1. The Morgan fingerprint density at radius 1 is 1.19 bits per heavy atom. The van der Waals surface area contributed by atoms with Crippen LogP contribution in [0.1, 0.15) is 12.0 Å². The fraction of sp³-hybridized carbons (Fsp3) is 0.286. The molecule has 2 N–H and O–H groups in total. The Bertz CT molecular complexity index is 671. The first kappa shape index (κ1) is 16.6. The second kappa shape index (κ2) is 7.51. The molecule has 1 heterocycles. The van der Waals surface area contributed by atoms with E-state index in [2.05, 4.69) is 15.9 Å². The van der Waals surface area contributed by atoms with Crippen LogP contribution in [-0.2, 0) is 16.6 Å². The van der Waals surface area contributed by atoms with Gasteiger partial charge in [-0.3, -0.25) is 0 Å². The van der Waals surface area contributed by atoms with Gasteiger partial charge >= 0.3 is 0 Å². The first-order valence-electron chi connectivity index (χ1n) is 6.53. The average molecular weight is 389 g/mol. The number of thiophene rings is 1. The zero-order chi connectivity index (χ0) is 15.3. The fourth-order valence-electron chi connectivity index (χ4n) is 1.92. The van der Waals surface area contributed by atoms with Crippen molar-refractivity contribution in [1.29, 1.82) is 0 Å². The summed E-state index contributed by atoms with van der Waals surface area (Å²) in [5, 5.41) is 1.76. The highest BCUT2D eigenvalue weighted by Gasteiger charge is 2.27. The van der Waals surface area contributed by atoms with E-state index in [9.17, 15) is 8.42 Å². The van der Waals surface area contributed by atoms with Gasteiger partial charge in [0, 0.05) is 17.6 Å². The molecule has 0 unspecified atom stereocenters. The Hall–Kier alpha value is -0.730. The predicted molar refractivity (Wildman–Crippen MR) is 89.7 cm³/mol. The lowest BCUT2D eigenvalue weighted by atomic mass is 10.2. The van der Waals surface area contributed by atoms with Gasteiger partial charge in [-0.05, 0) is 45.9 Å². The van der Waals surface area contributed by atoms with Crippen molar-refractivity contribution in [3.05, 3.63) is 51.8 Å². The minimum Gasteiger partial charge on any atom is -0.330 e. The number of halogens is 1. The van der Waals surface area contributed by atoms with Crippen molar-refractivity contribution < 1.29 is 8.42 Å². The van der Waals surface area contributed by atoms with Crippen molar-refractivity contribution in [2.75, 3.05) is 13.1 Å². The van der Waals surface area contributed by atoms with Crippen molar-refractivity contribution in [3.63, 3.8) is 0 Å². The summed E-state index contributed by atoms with van der Waals surface area (Å²) in [4.78, 5) is 0. The molecule has 0 aliphatic carbocycles. The van der Waals surface area contributed by atoms with Crippen LogP contribution in [0, 0.1) is 0 Å². The lowest BCUT2D eigenvalue weighted by Crippen LogP contribution is -2.32. The number of nitrogens with two attached hydrogens (primary N) is 1. The van der Waals surface area contributed by atoms with Crippen LogP contribution >= 0.6 is 27.3 Å². The van der Waals surface area contributed by atoms with Crippen molar-refractivity contribution in [2.45, 2.75) is 17.2 Å². The van der Waals surface area contributed by atoms with E-state index in [1.54, 1.807) is 11.4 Å². The standard InChI is InChI=1S/C14H17BrN2O2S2/c15-13-7-10-20-14(13)21(18,19)17(9-4-8-16)11-12-5-2-1-3-6-12/h1-3,5-7,10H,4,8-9,11,16H2. The van der Waals surface area contributed by atoms with Gasteiger partial charge in [0.25, 0.3) is 10.0 Å². The van der Waals surface area contributed by atoms with Crippen LogP contribution in [0.4, 0.5) is 0 Å². The molecule has 0 bridgehead atoms. The summed E-state index contributed by atoms with van der Waals surface area (Å²) in [7, 11) is -3.51. The second-order valence-electron chi connectivity index (χ2n) is 4.52. The van der Waals surface area contributed by atoms with Crippen molar-refractivity contribution in [2.24, 2.45) is 5.73 Å². The van der Waals surface area contributed by atoms with Gasteiger partial charge in [0.1, 0.15) is 4.21 Å². The predicted octanol–water partition coefficient (Wildman–Crippen LogP) is 3.05. The molecule has 0 spiro atoms. The Labute approximate surface area is 137 Å². The number of nitrogens with zero attached hydrogens (tertiary/aromatic N) is 1. The second-order valence-corrected chi connectivity index (χ2v) is 8.43. The topological polar surface area (TPSA) is 63.4 Å². The monoisotopic (exact) mass is 388 g/mol. The summed E-state index contributed by atoms with van der Waals surface area (Å²) in [6, 6.07) is 11.3. The third-order valence-electron chi connectivity index (χ3n) is 2.97.